The van der Waals surface area contributed by atoms with E-state index in [9.17, 15) is 4.79 Å². The summed E-state index contributed by atoms with van der Waals surface area (Å²) < 4.78 is 12.2. The van der Waals surface area contributed by atoms with Crippen LogP contribution in [0.5, 0.6) is 5.75 Å². The highest BCUT2D eigenvalue weighted by Crippen LogP contribution is 2.33. The second kappa shape index (κ2) is 5.37. The summed E-state index contributed by atoms with van der Waals surface area (Å²) >= 11 is 3.51. The molecule has 1 aromatic rings. The van der Waals surface area contributed by atoms with Crippen LogP contribution in [0.2, 0.25) is 0 Å². The minimum absolute atomic E-state index is 0.0401. The van der Waals surface area contributed by atoms with Crippen molar-refractivity contribution in [1.82, 2.24) is 5.32 Å². The average molecular weight is 340 g/mol. The number of hydrogen-bond acceptors (Lipinski definition) is 3. The molecule has 108 valence electrons. The molecule has 2 aliphatic rings. The summed E-state index contributed by atoms with van der Waals surface area (Å²) in [5.74, 6) is 0.882. The van der Waals surface area contributed by atoms with Crippen molar-refractivity contribution in [1.29, 1.82) is 0 Å². The Balaban J connectivity index is 1.71. The Morgan fingerprint density at radius 2 is 2.30 bits per heavy atom. The van der Waals surface area contributed by atoms with Gasteiger partial charge >= 0.3 is 0 Å². The Hall–Kier alpha value is -1.07. The predicted molar refractivity (Wildman–Crippen MR) is 78.8 cm³/mol. The molecular weight excluding hydrogens is 322 g/mol. The lowest BCUT2D eigenvalue weighted by Crippen LogP contribution is -2.43. The molecule has 1 saturated heterocycles. The first-order valence-corrected chi connectivity index (χ1v) is 7.74. The molecule has 0 spiro atoms. The van der Waals surface area contributed by atoms with Gasteiger partial charge in [0.25, 0.3) is 5.91 Å². The molecule has 4 nitrogen and oxygen atoms in total. The van der Waals surface area contributed by atoms with Crippen LogP contribution in [0, 0.1) is 0 Å². The summed E-state index contributed by atoms with van der Waals surface area (Å²) in [6.45, 7) is 3.71. The smallest absolute Gasteiger partial charge is 0.252 e. The second-order valence-corrected chi connectivity index (χ2v) is 6.43. The number of hydrogen-bond donors (Lipinski definition) is 1. The number of amides is 1. The third-order valence-corrected chi connectivity index (χ3v) is 4.42. The molecule has 1 N–H and O–H groups in total. The Bertz CT molecular complexity index is 538. The Labute approximate surface area is 127 Å². The minimum Gasteiger partial charge on any atom is -0.493 e. The number of rotatable bonds is 3. The molecule has 1 atom stereocenters. The maximum Gasteiger partial charge on any atom is 0.252 e. The van der Waals surface area contributed by atoms with Gasteiger partial charge in [0.2, 0.25) is 0 Å². The third kappa shape index (κ3) is 2.56. The van der Waals surface area contributed by atoms with Gasteiger partial charge in [-0.25, -0.2) is 0 Å². The zero-order valence-corrected chi connectivity index (χ0v) is 13.1. The van der Waals surface area contributed by atoms with Crippen molar-refractivity contribution in [2.24, 2.45) is 0 Å². The Kier molecular flexibility index (Phi) is 3.73. The van der Waals surface area contributed by atoms with Gasteiger partial charge in [0.05, 0.1) is 6.61 Å². The fourth-order valence-corrected chi connectivity index (χ4v) is 3.35. The van der Waals surface area contributed by atoms with Crippen molar-refractivity contribution in [3.63, 3.8) is 0 Å². The van der Waals surface area contributed by atoms with Crippen molar-refractivity contribution in [3.8, 4) is 5.75 Å². The first-order valence-electron chi connectivity index (χ1n) is 6.95. The third-order valence-electron chi connectivity index (χ3n) is 3.96. The van der Waals surface area contributed by atoms with Crippen LogP contribution >= 0.6 is 15.9 Å². The summed E-state index contributed by atoms with van der Waals surface area (Å²) in [5, 5.41) is 2.97. The van der Waals surface area contributed by atoms with Crippen LogP contribution < -0.4 is 10.1 Å². The summed E-state index contributed by atoms with van der Waals surface area (Å²) in [6, 6.07) is 4.08. The van der Waals surface area contributed by atoms with Gasteiger partial charge in [0, 0.05) is 29.6 Å². The van der Waals surface area contributed by atoms with Gasteiger partial charge in [-0.05, 0) is 37.5 Å². The highest BCUT2D eigenvalue weighted by molar-refractivity contribution is 9.10. The van der Waals surface area contributed by atoms with E-state index in [0.29, 0.717) is 19.8 Å². The van der Waals surface area contributed by atoms with Crippen molar-refractivity contribution in [3.05, 3.63) is 27.7 Å². The molecule has 1 aromatic carbocycles. The first kappa shape index (κ1) is 13.9. The SMILES string of the molecule is CC1(C(=O)NCc2cc(Br)cc3c2OCC3)CCCO1. The fraction of sp³-hybridized carbons (Fsp3) is 0.533. The van der Waals surface area contributed by atoms with Crippen LogP contribution in [0.3, 0.4) is 0 Å². The largest absolute Gasteiger partial charge is 0.493 e. The zero-order chi connectivity index (χ0) is 14.2. The average Bonchev–Trinajstić information content (AvgIpc) is 3.04. The number of carbonyl (C=O) groups is 1. The topological polar surface area (TPSA) is 47.6 Å². The van der Waals surface area contributed by atoms with Gasteiger partial charge in [0.1, 0.15) is 11.4 Å². The van der Waals surface area contributed by atoms with Crippen LogP contribution in [-0.4, -0.2) is 24.7 Å². The van der Waals surface area contributed by atoms with Crippen LogP contribution in [0.4, 0.5) is 0 Å². The highest BCUT2D eigenvalue weighted by atomic mass is 79.9. The lowest BCUT2D eigenvalue weighted by Gasteiger charge is -2.22. The van der Waals surface area contributed by atoms with Gasteiger partial charge in [-0.1, -0.05) is 15.9 Å². The van der Waals surface area contributed by atoms with E-state index in [0.717, 1.165) is 35.0 Å². The van der Waals surface area contributed by atoms with Crippen LogP contribution in [0.25, 0.3) is 0 Å². The predicted octanol–water partition coefficient (Wildman–Crippen LogP) is 2.57. The Morgan fingerprint density at radius 3 is 3.05 bits per heavy atom. The molecule has 1 amide bonds. The molecule has 1 fully saturated rings. The molecular formula is C15H18BrNO3. The summed E-state index contributed by atoms with van der Waals surface area (Å²) in [5.41, 5.74) is 1.55. The van der Waals surface area contributed by atoms with Gasteiger partial charge in [-0.2, -0.15) is 0 Å². The standard InChI is InChI=1S/C15H18BrNO3/c1-15(4-2-5-20-15)14(18)17-9-11-8-12(16)7-10-3-6-19-13(10)11/h7-8H,2-6,9H2,1H3,(H,17,18). The van der Waals surface area contributed by atoms with Gasteiger partial charge in [-0.15, -0.1) is 0 Å². The van der Waals surface area contributed by atoms with Gasteiger partial charge in [0.15, 0.2) is 0 Å². The normalized spacial score (nSPS) is 24.3. The summed E-state index contributed by atoms with van der Waals surface area (Å²) in [4.78, 5) is 12.2. The van der Waals surface area contributed by atoms with E-state index in [1.165, 1.54) is 5.56 Å². The Morgan fingerprint density at radius 1 is 1.45 bits per heavy atom. The molecule has 3 rings (SSSR count). The van der Waals surface area contributed by atoms with E-state index in [4.69, 9.17) is 9.47 Å². The maximum absolute atomic E-state index is 12.2. The van der Waals surface area contributed by atoms with Crippen molar-refractivity contribution < 1.29 is 14.3 Å². The number of fused-ring (bicyclic) bond motifs is 1. The lowest BCUT2D eigenvalue weighted by molar-refractivity contribution is -0.139. The van der Waals surface area contributed by atoms with E-state index in [-0.39, 0.29) is 5.91 Å². The van der Waals surface area contributed by atoms with E-state index < -0.39 is 5.60 Å². The van der Waals surface area contributed by atoms with Crippen LogP contribution in [0.1, 0.15) is 30.9 Å². The van der Waals surface area contributed by atoms with Crippen molar-refractivity contribution >= 4 is 21.8 Å². The summed E-state index contributed by atoms with van der Waals surface area (Å²) in [7, 11) is 0. The van der Waals surface area contributed by atoms with Crippen LogP contribution in [0.15, 0.2) is 16.6 Å². The monoisotopic (exact) mass is 339 g/mol. The van der Waals surface area contributed by atoms with E-state index >= 15 is 0 Å². The lowest BCUT2D eigenvalue weighted by atomic mass is 10.0. The fourth-order valence-electron chi connectivity index (χ4n) is 2.80. The summed E-state index contributed by atoms with van der Waals surface area (Å²) in [6.07, 6.45) is 2.65. The van der Waals surface area contributed by atoms with Gasteiger partial charge < -0.3 is 14.8 Å². The number of benzene rings is 1. The molecule has 1 unspecified atom stereocenters. The number of ether oxygens (including phenoxy) is 2. The van der Waals surface area contributed by atoms with E-state index in [1.807, 2.05) is 13.0 Å². The first-order chi connectivity index (χ1) is 9.58. The molecule has 0 bridgehead atoms. The minimum atomic E-state index is -0.671. The highest BCUT2D eigenvalue weighted by Gasteiger charge is 2.37. The van der Waals surface area contributed by atoms with E-state index in [1.54, 1.807) is 0 Å². The molecule has 2 heterocycles. The molecule has 0 aromatic heterocycles. The van der Waals surface area contributed by atoms with E-state index in [2.05, 4.69) is 27.3 Å². The van der Waals surface area contributed by atoms with Crippen molar-refractivity contribution in [2.75, 3.05) is 13.2 Å². The number of nitrogens with one attached hydrogen (secondary N) is 1. The molecule has 0 aliphatic carbocycles. The van der Waals surface area contributed by atoms with Crippen molar-refractivity contribution in [2.45, 2.75) is 38.3 Å². The molecule has 0 radical (unpaired) electrons. The molecule has 0 saturated carbocycles. The molecule has 2 aliphatic heterocycles. The number of carbonyl (C=O) groups excluding carboxylic acids is 1. The quantitative estimate of drug-likeness (QED) is 0.920. The maximum atomic E-state index is 12.2. The van der Waals surface area contributed by atoms with Crippen LogP contribution in [-0.2, 0) is 22.5 Å². The second-order valence-electron chi connectivity index (χ2n) is 5.52. The van der Waals surface area contributed by atoms with Gasteiger partial charge in [-0.3, -0.25) is 4.79 Å². The zero-order valence-electron chi connectivity index (χ0n) is 11.5. The molecule has 5 heteroatoms. The number of halogens is 1. The molecule has 20 heavy (non-hydrogen) atoms.